The van der Waals surface area contributed by atoms with Gasteiger partial charge in [-0.25, -0.2) is 4.39 Å². The van der Waals surface area contributed by atoms with Crippen molar-refractivity contribution >= 4 is 16.6 Å². The van der Waals surface area contributed by atoms with Crippen LogP contribution in [-0.4, -0.2) is 46.4 Å². The number of hydrogen-bond donors (Lipinski definition) is 2. The van der Waals surface area contributed by atoms with Crippen LogP contribution in [0.2, 0.25) is 0 Å². The first-order valence-electron chi connectivity index (χ1n) is 9.22. The Labute approximate surface area is 157 Å². The molecule has 5 nitrogen and oxygen atoms in total. The SMILES string of the molecule is Cc1ccc(-c2nnc(N[C@@H]3CCCN(C)C3)c3ccc(F)cc23)c(O)c1. The van der Waals surface area contributed by atoms with E-state index in [1.165, 1.54) is 12.1 Å². The van der Waals surface area contributed by atoms with Crippen molar-refractivity contribution in [2.75, 3.05) is 25.5 Å². The van der Waals surface area contributed by atoms with E-state index in [0.717, 1.165) is 36.9 Å². The van der Waals surface area contributed by atoms with Crippen LogP contribution in [0.3, 0.4) is 0 Å². The summed E-state index contributed by atoms with van der Waals surface area (Å²) in [5.41, 5.74) is 1.97. The Hall–Kier alpha value is -2.73. The van der Waals surface area contributed by atoms with Crippen molar-refractivity contribution in [3.8, 4) is 17.0 Å². The topological polar surface area (TPSA) is 61.3 Å². The molecular formula is C21H23FN4O. The first-order chi connectivity index (χ1) is 13.0. The zero-order valence-electron chi connectivity index (χ0n) is 15.5. The van der Waals surface area contributed by atoms with Crippen molar-refractivity contribution in [3.63, 3.8) is 0 Å². The third-order valence-electron chi connectivity index (χ3n) is 5.12. The van der Waals surface area contributed by atoms with Crippen molar-refractivity contribution in [2.45, 2.75) is 25.8 Å². The zero-order valence-corrected chi connectivity index (χ0v) is 15.5. The fourth-order valence-corrected chi connectivity index (χ4v) is 3.75. The molecular weight excluding hydrogens is 343 g/mol. The number of halogens is 1. The highest BCUT2D eigenvalue weighted by molar-refractivity contribution is 6.01. The minimum absolute atomic E-state index is 0.115. The largest absolute Gasteiger partial charge is 0.507 e. The van der Waals surface area contributed by atoms with Gasteiger partial charge in [0.1, 0.15) is 17.3 Å². The lowest BCUT2D eigenvalue weighted by Crippen LogP contribution is -2.40. The normalized spacial score (nSPS) is 18.0. The number of anilines is 1. The minimum atomic E-state index is -0.341. The Balaban J connectivity index is 1.80. The second-order valence-corrected chi connectivity index (χ2v) is 7.35. The van der Waals surface area contributed by atoms with Crippen molar-refractivity contribution in [1.29, 1.82) is 0 Å². The lowest BCUT2D eigenvalue weighted by molar-refractivity contribution is 0.261. The van der Waals surface area contributed by atoms with Gasteiger partial charge in [-0.05, 0) is 69.3 Å². The zero-order chi connectivity index (χ0) is 19.0. The van der Waals surface area contributed by atoms with Crippen LogP contribution in [0.25, 0.3) is 22.0 Å². The van der Waals surface area contributed by atoms with Crippen LogP contribution in [0.15, 0.2) is 36.4 Å². The number of phenols is 1. The number of phenolic OH excluding ortho intramolecular Hbond substituents is 1. The molecule has 0 radical (unpaired) electrons. The number of aromatic nitrogens is 2. The average Bonchev–Trinajstić information content (AvgIpc) is 2.62. The second-order valence-electron chi connectivity index (χ2n) is 7.35. The van der Waals surface area contributed by atoms with Crippen LogP contribution in [0, 0.1) is 12.7 Å². The summed E-state index contributed by atoms with van der Waals surface area (Å²) in [6.07, 6.45) is 2.19. The van der Waals surface area contributed by atoms with E-state index in [2.05, 4.69) is 27.5 Å². The van der Waals surface area contributed by atoms with Gasteiger partial charge in [-0.15, -0.1) is 10.2 Å². The van der Waals surface area contributed by atoms with E-state index >= 15 is 0 Å². The third kappa shape index (κ3) is 3.57. The van der Waals surface area contributed by atoms with Crippen LogP contribution < -0.4 is 5.32 Å². The standard InChI is InChI=1S/C21H23FN4O/c1-13-5-7-17(19(27)10-13)20-18-11-14(22)6-8-16(18)21(25-24-20)23-15-4-3-9-26(2)12-15/h5-8,10-11,15,27H,3-4,9,12H2,1-2H3,(H,23,25)/t15-/m1/s1. The van der Waals surface area contributed by atoms with Gasteiger partial charge < -0.3 is 15.3 Å². The van der Waals surface area contributed by atoms with Gasteiger partial charge in [0, 0.05) is 28.9 Å². The molecule has 3 aromatic rings. The number of likely N-dealkylation sites (tertiary alicyclic amines) is 1. The van der Waals surface area contributed by atoms with E-state index in [9.17, 15) is 9.50 Å². The van der Waals surface area contributed by atoms with Gasteiger partial charge in [-0.2, -0.15) is 0 Å². The number of hydrogen-bond acceptors (Lipinski definition) is 5. The number of aromatic hydroxyl groups is 1. The van der Waals surface area contributed by atoms with E-state index in [1.807, 2.05) is 13.0 Å². The molecule has 0 aliphatic carbocycles. The van der Waals surface area contributed by atoms with Crippen LogP contribution in [0.1, 0.15) is 18.4 Å². The first kappa shape index (κ1) is 17.7. The number of rotatable bonds is 3. The van der Waals surface area contributed by atoms with Gasteiger partial charge in [0.05, 0.1) is 0 Å². The summed E-state index contributed by atoms with van der Waals surface area (Å²) in [4.78, 5) is 2.29. The predicted octanol–water partition coefficient (Wildman–Crippen LogP) is 3.96. The molecule has 0 amide bonds. The Morgan fingerprint density at radius 1 is 1.15 bits per heavy atom. The summed E-state index contributed by atoms with van der Waals surface area (Å²) >= 11 is 0. The number of piperidine rings is 1. The predicted molar refractivity (Wildman–Crippen MR) is 105 cm³/mol. The molecule has 4 rings (SSSR count). The number of nitrogens with zero attached hydrogens (tertiary/aromatic N) is 3. The maximum atomic E-state index is 14.0. The fourth-order valence-electron chi connectivity index (χ4n) is 3.75. The summed E-state index contributed by atoms with van der Waals surface area (Å²) in [7, 11) is 2.11. The van der Waals surface area contributed by atoms with Crippen molar-refractivity contribution in [2.24, 2.45) is 0 Å². The van der Waals surface area contributed by atoms with Crippen LogP contribution >= 0.6 is 0 Å². The van der Waals surface area contributed by atoms with E-state index in [-0.39, 0.29) is 17.6 Å². The quantitative estimate of drug-likeness (QED) is 0.735. The smallest absolute Gasteiger partial charge is 0.156 e. The number of aryl methyl sites for hydroxylation is 1. The number of likely N-dealkylation sites (N-methyl/N-ethyl adjacent to an activating group) is 1. The molecule has 0 unspecified atom stereocenters. The van der Waals surface area contributed by atoms with E-state index in [1.54, 1.807) is 18.2 Å². The summed E-state index contributed by atoms with van der Waals surface area (Å²) in [5, 5.41) is 24.0. The number of benzene rings is 2. The Morgan fingerprint density at radius 3 is 2.78 bits per heavy atom. The highest BCUT2D eigenvalue weighted by Crippen LogP contribution is 2.35. The lowest BCUT2D eigenvalue weighted by Gasteiger charge is -2.30. The lowest BCUT2D eigenvalue weighted by atomic mass is 10.0. The van der Waals surface area contributed by atoms with Gasteiger partial charge in [0.25, 0.3) is 0 Å². The molecule has 2 N–H and O–H groups in total. The highest BCUT2D eigenvalue weighted by atomic mass is 19.1. The molecule has 1 aliphatic heterocycles. The summed E-state index contributed by atoms with van der Waals surface area (Å²) < 4.78 is 14.0. The molecule has 6 heteroatoms. The van der Waals surface area contributed by atoms with Crippen LogP contribution in [0.5, 0.6) is 5.75 Å². The number of nitrogens with one attached hydrogen (secondary N) is 1. The second kappa shape index (κ2) is 7.12. The molecule has 140 valence electrons. The molecule has 0 spiro atoms. The molecule has 2 heterocycles. The van der Waals surface area contributed by atoms with Crippen molar-refractivity contribution < 1.29 is 9.50 Å². The van der Waals surface area contributed by atoms with E-state index in [0.29, 0.717) is 22.5 Å². The molecule has 1 fully saturated rings. The first-order valence-corrected chi connectivity index (χ1v) is 9.22. The Morgan fingerprint density at radius 2 is 2.00 bits per heavy atom. The van der Waals surface area contributed by atoms with Gasteiger partial charge >= 0.3 is 0 Å². The van der Waals surface area contributed by atoms with Gasteiger partial charge in [-0.1, -0.05) is 6.07 Å². The molecule has 1 saturated heterocycles. The van der Waals surface area contributed by atoms with Crippen LogP contribution in [-0.2, 0) is 0 Å². The van der Waals surface area contributed by atoms with Gasteiger partial charge in [0.2, 0.25) is 0 Å². The highest BCUT2D eigenvalue weighted by Gasteiger charge is 2.20. The molecule has 1 aliphatic rings. The molecule has 27 heavy (non-hydrogen) atoms. The summed E-state index contributed by atoms with van der Waals surface area (Å²) in [6.45, 7) is 3.94. The monoisotopic (exact) mass is 366 g/mol. The molecule has 1 aromatic heterocycles. The minimum Gasteiger partial charge on any atom is -0.507 e. The van der Waals surface area contributed by atoms with Crippen molar-refractivity contribution in [1.82, 2.24) is 15.1 Å². The maximum Gasteiger partial charge on any atom is 0.156 e. The third-order valence-corrected chi connectivity index (χ3v) is 5.12. The Bertz CT molecular complexity index is 991. The molecule has 0 saturated carbocycles. The molecule has 2 aromatic carbocycles. The average molecular weight is 366 g/mol. The Kier molecular flexibility index (Phi) is 4.66. The number of fused-ring (bicyclic) bond motifs is 1. The van der Waals surface area contributed by atoms with Crippen LogP contribution in [0.4, 0.5) is 10.2 Å². The maximum absolute atomic E-state index is 14.0. The fraction of sp³-hybridized carbons (Fsp3) is 0.333. The summed E-state index contributed by atoms with van der Waals surface area (Å²) in [6, 6.07) is 10.3. The van der Waals surface area contributed by atoms with E-state index in [4.69, 9.17) is 0 Å². The van der Waals surface area contributed by atoms with Crippen molar-refractivity contribution in [3.05, 3.63) is 47.8 Å². The summed E-state index contributed by atoms with van der Waals surface area (Å²) in [5.74, 6) is 0.428. The van der Waals surface area contributed by atoms with Gasteiger partial charge in [-0.3, -0.25) is 0 Å². The molecule has 1 atom stereocenters. The van der Waals surface area contributed by atoms with Gasteiger partial charge in [0.15, 0.2) is 5.82 Å². The van der Waals surface area contributed by atoms with E-state index < -0.39 is 0 Å². The molecule has 0 bridgehead atoms.